The van der Waals surface area contributed by atoms with Gasteiger partial charge >= 0.3 is 51.4 Å². The van der Waals surface area contributed by atoms with Gasteiger partial charge in [-0.2, -0.15) is 5.11 Å². The molecule has 1 atom stereocenters. The topological polar surface area (TPSA) is 47.8 Å². The third-order valence-electron chi connectivity index (χ3n) is 1.50. The van der Waals surface area contributed by atoms with Crippen molar-refractivity contribution in [1.82, 2.24) is 0 Å². The predicted octanol–water partition coefficient (Wildman–Crippen LogP) is -0.298. The standard InChI is InChI=1S/C8H10N2O.K/c1-7(9-10-11)8-5-3-2-4-6-8;/h2-7H,1H3,(H,9,11);/q;+1/p-1/t7-;/m1./s1. The molecule has 0 unspecified atom stereocenters. The van der Waals surface area contributed by atoms with Gasteiger partial charge in [0.05, 0.1) is 6.04 Å². The van der Waals surface area contributed by atoms with Crippen LogP contribution >= 0.6 is 0 Å². The molecule has 0 aliphatic rings. The van der Waals surface area contributed by atoms with Gasteiger partial charge in [0, 0.05) is 0 Å². The number of rotatable bonds is 2. The Bertz CT molecular complexity index is 238. The van der Waals surface area contributed by atoms with Crippen LogP contribution in [0.4, 0.5) is 0 Å². The Morgan fingerprint density at radius 1 is 1.25 bits per heavy atom. The van der Waals surface area contributed by atoms with Gasteiger partial charge < -0.3 is 5.21 Å². The fraction of sp³-hybridized carbons (Fsp3) is 0.250. The molecule has 0 saturated carbocycles. The van der Waals surface area contributed by atoms with E-state index in [0.717, 1.165) is 5.56 Å². The maximum Gasteiger partial charge on any atom is 1.00 e. The molecule has 58 valence electrons. The van der Waals surface area contributed by atoms with Gasteiger partial charge in [-0.25, -0.2) is 5.28 Å². The second-order valence-electron chi connectivity index (χ2n) is 2.28. The number of hydrogen-bond acceptors (Lipinski definition) is 3. The first-order valence-electron chi connectivity index (χ1n) is 3.42. The van der Waals surface area contributed by atoms with Crippen molar-refractivity contribution in [3.63, 3.8) is 0 Å². The molecule has 0 heterocycles. The molecule has 0 amide bonds. The Hall–Kier alpha value is 0.256. The summed E-state index contributed by atoms with van der Waals surface area (Å²) in [6.07, 6.45) is 0. The molecule has 1 rings (SSSR count). The van der Waals surface area contributed by atoms with E-state index in [9.17, 15) is 5.21 Å². The van der Waals surface area contributed by atoms with Crippen molar-refractivity contribution >= 4 is 0 Å². The van der Waals surface area contributed by atoms with Gasteiger partial charge in [-0.15, -0.1) is 0 Å². The summed E-state index contributed by atoms with van der Waals surface area (Å²) in [4.78, 5) is 0. The van der Waals surface area contributed by atoms with E-state index in [1.807, 2.05) is 37.3 Å². The minimum Gasteiger partial charge on any atom is -0.775 e. The third kappa shape index (κ3) is 3.78. The van der Waals surface area contributed by atoms with Gasteiger partial charge in [0.25, 0.3) is 0 Å². The van der Waals surface area contributed by atoms with Crippen molar-refractivity contribution in [3.8, 4) is 0 Å². The van der Waals surface area contributed by atoms with Gasteiger partial charge in [-0.3, -0.25) is 0 Å². The van der Waals surface area contributed by atoms with E-state index >= 15 is 0 Å². The summed E-state index contributed by atoms with van der Waals surface area (Å²) in [5.41, 5.74) is 1.01. The van der Waals surface area contributed by atoms with Crippen molar-refractivity contribution in [2.75, 3.05) is 0 Å². The molecule has 0 radical (unpaired) electrons. The zero-order valence-electron chi connectivity index (χ0n) is 7.27. The Balaban J connectivity index is 0.00000121. The van der Waals surface area contributed by atoms with Crippen LogP contribution in [0.1, 0.15) is 18.5 Å². The summed E-state index contributed by atoms with van der Waals surface area (Å²) < 4.78 is 0. The minimum absolute atomic E-state index is 0. The number of hydrogen-bond donors (Lipinski definition) is 0. The van der Waals surface area contributed by atoms with Gasteiger partial charge in [-0.05, 0) is 12.5 Å². The molecular weight excluding hydrogens is 179 g/mol. The average molecular weight is 188 g/mol. The maximum atomic E-state index is 9.77. The van der Waals surface area contributed by atoms with Crippen LogP contribution in [0, 0.1) is 5.21 Å². The second-order valence-corrected chi connectivity index (χ2v) is 2.28. The van der Waals surface area contributed by atoms with Crippen molar-refractivity contribution in [3.05, 3.63) is 41.1 Å². The minimum atomic E-state index is -0.131. The summed E-state index contributed by atoms with van der Waals surface area (Å²) >= 11 is 0. The van der Waals surface area contributed by atoms with Gasteiger partial charge in [0.15, 0.2) is 0 Å². The summed E-state index contributed by atoms with van der Waals surface area (Å²) in [7, 11) is 0. The van der Waals surface area contributed by atoms with Gasteiger partial charge in [-0.1, -0.05) is 30.3 Å². The molecule has 4 heteroatoms. The summed E-state index contributed by atoms with van der Waals surface area (Å²) in [5.74, 6) is 0. The van der Waals surface area contributed by atoms with Crippen molar-refractivity contribution in [1.29, 1.82) is 0 Å². The van der Waals surface area contributed by atoms with E-state index in [2.05, 4.69) is 10.4 Å². The zero-order valence-corrected chi connectivity index (χ0v) is 10.4. The molecule has 0 aliphatic carbocycles. The predicted molar refractivity (Wildman–Crippen MR) is 43.1 cm³/mol. The van der Waals surface area contributed by atoms with Crippen LogP contribution in [0.5, 0.6) is 0 Å². The molecule has 1 aromatic carbocycles. The van der Waals surface area contributed by atoms with Crippen molar-refractivity contribution in [2.45, 2.75) is 13.0 Å². The molecule has 0 N–H and O–H groups in total. The van der Waals surface area contributed by atoms with Gasteiger partial charge in [0.1, 0.15) is 0 Å². The second kappa shape index (κ2) is 6.74. The van der Waals surface area contributed by atoms with Crippen LogP contribution in [-0.2, 0) is 0 Å². The SMILES string of the molecule is C[C@@H](N=N[O-])c1ccccc1.[K+]. The first-order chi connectivity index (χ1) is 5.34. The normalized spacial score (nSPS) is 12.4. The number of benzene rings is 1. The van der Waals surface area contributed by atoms with Crippen LogP contribution in [-0.4, -0.2) is 0 Å². The molecular formula is C8H9KN2O. The van der Waals surface area contributed by atoms with E-state index < -0.39 is 0 Å². The Morgan fingerprint density at radius 3 is 2.33 bits per heavy atom. The molecule has 0 fully saturated rings. The Kier molecular flexibility index (Phi) is 6.88. The zero-order chi connectivity index (χ0) is 8.10. The Morgan fingerprint density at radius 2 is 1.83 bits per heavy atom. The molecule has 0 aromatic heterocycles. The monoisotopic (exact) mass is 188 g/mol. The smallest absolute Gasteiger partial charge is 0.775 e. The Labute approximate surface area is 114 Å². The molecule has 0 spiro atoms. The average Bonchev–Trinajstić information content (AvgIpc) is 2.07. The third-order valence-corrected chi connectivity index (χ3v) is 1.50. The first-order valence-corrected chi connectivity index (χ1v) is 3.42. The quantitative estimate of drug-likeness (QED) is 0.357. The summed E-state index contributed by atoms with van der Waals surface area (Å²) in [6, 6.07) is 9.44. The van der Waals surface area contributed by atoms with Crippen LogP contribution in [0.2, 0.25) is 0 Å². The fourth-order valence-corrected chi connectivity index (χ4v) is 0.869. The van der Waals surface area contributed by atoms with Crippen LogP contribution in [0.15, 0.2) is 40.7 Å². The van der Waals surface area contributed by atoms with E-state index in [1.54, 1.807) is 0 Å². The number of nitrogens with zero attached hydrogens (tertiary/aromatic N) is 2. The van der Waals surface area contributed by atoms with Crippen LogP contribution in [0.3, 0.4) is 0 Å². The van der Waals surface area contributed by atoms with Crippen LogP contribution < -0.4 is 51.4 Å². The van der Waals surface area contributed by atoms with Crippen molar-refractivity contribution in [2.24, 2.45) is 10.4 Å². The van der Waals surface area contributed by atoms with E-state index in [4.69, 9.17) is 0 Å². The van der Waals surface area contributed by atoms with E-state index in [1.165, 1.54) is 0 Å². The molecule has 1 aromatic rings. The van der Waals surface area contributed by atoms with Crippen molar-refractivity contribution < 1.29 is 51.4 Å². The molecule has 0 bridgehead atoms. The van der Waals surface area contributed by atoms with Crippen LogP contribution in [0.25, 0.3) is 0 Å². The summed E-state index contributed by atoms with van der Waals surface area (Å²) in [6.45, 7) is 1.83. The molecule has 3 nitrogen and oxygen atoms in total. The molecule has 0 saturated heterocycles. The summed E-state index contributed by atoms with van der Waals surface area (Å²) in [5, 5.41) is 15.7. The molecule has 0 aliphatic heterocycles. The van der Waals surface area contributed by atoms with E-state index in [-0.39, 0.29) is 57.4 Å². The largest absolute Gasteiger partial charge is 1.00 e. The fourth-order valence-electron chi connectivity index (χ4n) is 0.869. The van der Waals surface area contributed by atoms with Gasteiger partial charge in [0.2, 0.25) is 0 Å². The maximum absolute atomic E-state index is 9.77. The molecule has 12 heavy (non-hydrogen) atoms. The van der Waals surface area contributed by atoms with E-state index in [0.29, 0.717) is 0 Å². The first kappa shape index (κ1) is 12.3.